The molecule has 0 aliphatic rings. The molecule has 0 unspecified atom stereocenters. The fourth-order valence-corrected chi connectivity index (χ4v) is 0.820. The maximum absolute atomic E-state index is 8.43. The van der Waals surface area contributed by atoms with E-state index in [-0.39, 0.29) is 19.0 Å². The van der Waals surface area contributed by atoms with Gasteiger partial charge in [0.25, 0.3) is 0 Å². The molecule has 0 saturated carbocycles. The first-order chi connectivity index (χ1) is 5.33. The SMILES string of the molecule is Cl.OCCOc1ccc(Cl)cc1. The standard InChI is InChI=1S/C8H9ClO2.ClH/c9-7-1-3-8(4-2-7)11-6-5-10;/h1-4,10H,5-6H2;1H. The Kier molecular flexibility index (Phi) is 5.89. The molecule has 0 fully saturated rings. The second kappa shape index (κ2) is 6.12. The Labute approximate surface area is 82.5 Å². The summed E-state index contributed by atoms with van der Waals surface area (Å²) in [5.74, 6) is 0.725. The second-order valence-electron chi connectivity index (χ2n) is 2.03. The summed E-state index contributed by atoms with van der Waals surface area (Å²) in [5.41, 5.74) is 0. The Morgan fingerprint density at radius 2 is 1.83 bits per heavy atom. The Bertz CT molecular complexity index is 211. The third-order valence-corrected chi connectivity index (χ3v) is 1.43. The number of aliphatic hydroxyl groups is 1. The number of hydrogen-bond acceptors (Lipinski definition) is 2. The maximum Gasteiger partial charge on any atom is 0.119 e. The largest absolute Gasteiger partial charge is 0.491 e. The number of hydrogen-bond donors (Lipinski definition) is 1. The lowest BCUT2D eigenvalue weighted by atomic mass is 10.3. The second-order valence-corrected chi connectivity index (χ2v) is 2.46. The molecule has 1 aromatic rings. The van der Waals surface area contributed by atoms with E-state index in [0.29, 0.717) is 11.6 Å². The lowest BCUT2D eigenvalue weighted by Crippen LogP contribution is -2.00. The van der Waals surface area contributed by atoms with Crippen LogP contribution in [0.15, 0.2) is 24.3 Å². The molecular weight excluding hydrogens is 199 g/mol. The zero-order valence-corrected chi connectivity index (χ0v) is 7.94. The molecule has 0 atom stereocenters. The number of halogens is 2. The lowest BCUT2D eigenvalue weighted by Gasteiger charge is -2.02. The fraction of sp³-hybridized carbons (Fsp3) is 0.250. The average molecular weight is 209 g/mol. The van der Waals surface area contributed by atoms with E-state index in [0.717, 1.165) is 5.75 Å². The number of rotatable bonds is 3. The van der Waals surface area contributed by atoms with Crippen LogP contribution in [0.5, 0.6) is 5.75 Å². The van der Waals surface area contributed by atoms with Gasteiger partial charge >= 0.3 is 0 Å². The smallest absolute Gasteiger partial charge is 0.119 e. The van der Waals surface area contributed by atoms with E-state index < -0.39 is 0 Å². The molecule has 0 aromatic heterocycles. The van der Waals surface area contributed by atoms with E-state index in [1.54, 1.807) is 24.3 Å². The Morgan fingerprint density at radius 1 is 1.25 bits per heavy atom. The van der Waals surface area contributed by atoms with Crippen molar-refractivity contribution in [1.29, 1.82) is 0 Å². The van der Waals surface area contributed by atoms with Gasteiger partial charge in [-0.1, -0.05) is 11.6 Å². The van der Waals surface area contributed by atoms with Crippen LogP contribution >= 0.6 is 24.0 Å². The highest BCUT2D eigenvalue weighted by Gasteiger charge is 1.91. The molecular formula is C8H10Cl2O2. The topological polar surface area (TPSA) is 29.5 Å². The van der Waals surface area contributed by atoms with Crippen molar-refractivity contribution in [3.8, 4) is 5.75 Å². The molecule has 0 aliphatic carbocycles. The van der Waals surface area contributed by atoms with Crippen LogP contribution in [0.4, 0.5) is 0 Å². The van der Waals surface area contributed by atoms with Crippen LogP contribution in [0, 0.1) is 0 Å². The monoisotopic (exact) mass is 208 g/mol. The molecule has 0 amide bonds. The molecule has 0 spiro atoms. The minimum Gasteiger partial charge on any atom is -0.491 e. The number of aliphatic hydroxyl groups excluding tert-OH is 1. The molecule has 1 rings (SSSR count). The van der Waals surface area contributed by atoms with E-state index in [1.807, 2.05) is 0 Å². The fourth-order valence-electron chi connectivity index (χ4n) is 0.694. The zero-order valence-electron chi connectivity index (χ0n) is 6.37. The van der Waals surface area contributed by atoms with Gasteiger partial charge in [0, 0.05) is 5.02 Å². The van der Waals surface area contributed by atoms with Crippen molar-refractivity contribution in [3.05, 3.63) is 29.3 Å². The first kappa shape index (κ1) is 11.6. The third-order valence-electron chi connectivity index (χ3n) is 1.17. The molecule has 4 heteroatoms. The van der Waals surface area contributed by atoms with Crippen LogP contribution in [0.25, 0.3) is 0 Å². The minimum absolute atomic E-state index is 0. The summed E-state index contributed by atoms with van der Waals surface area (Å²) in [6.45, 7) is 0.351. The predicted molar refractivity (Wildman–Crippen MR) is 51.3 cm³/mol. The van der Waals surface area contributed by atoms with Crippen molar-refractivity contribution >= 4 is 24.0 Å². The van der Waals surface area contributed by atoms with Gasteiger partial charge in [-0.25, -0.2) is 0 Å². The summed E-state index contributed by atoms with van der Waals surface area (Å²) in [5, 5.41) is 9.11. The maximum atomic E-state index is 8.43. The summed E-state index contributed by atoms with van der Waals surface area (Å²) in [4.78, 5) is 0. The summed E-state index contributed by atoms with van der Waals surface area (Å²) in [7, 11) is 0. The van der Waals surface area contributed by atoms with Gasteiger partial charge in [-0.15, -0.1) is 12.4 Å². The molecule has 0 heterocycles. The predicted octanol–water partition coefficient (Wildman–Crippen LogP) is 2.13. The minimum atomic E-state index is 0. The highest BCUT2D eigenvalue weighted by molar-refractivity contribution is 6.30. The van der Waals surface area contributed by atoms with Crippen molar-refractivity contribution in [2.75, 3.05) is 13.2 Å². The van der Waals surface area contributed by atoms with Gasteiger partial charge in [-0.2, -0.15) is 0 Å². The molecule has 1 N–H and O–H groups in total. The van der Waals surface area contributed by atoms with Crippen LogP contribution in [0.2, 0.25) is 5.02 Å². The van der Waals surface area contributed by atoms with Crippen molar-refractivity contribution in [1.82, 2.24) is 0 Å². The van der Waals surface area contributed by atoms with Crippen molar-refractivity contribution < 1.29 is 9.84 Å². The van der Waals surface area contributed by atoms with Gasteiger partial charge in [-0.3, -0.25) is 0 Å². The van der Waals surface area contributed by atoms with E-state index >= 15 is 0 Å². The van der Waals surface area contributed by atoms with Crippen LogP contribution in [-0.2, 0) is 0 Å². The highest BCUT2D eigenvalue weighted by Crippen LogP contribution is 2.14. The third kappa shape index (κ3) is 3.81. The van der Waals surface area contributed by atoms with Gasteiger partial charge in [0.2, 0.25) is 0 Å². The van der Waals surface area contributed by atoms with Gasteiger partial charge in [0.15, 0.2) is 0 Å². The first-order valence-corrected chi connectivity index (χ1v) is 3.70. The Balaban J connectivity index is 0.00000121. The lowest BCUT2D eigenvalue weighted by molar-refractivity contribution is 0.201. The zero-order chi connectivity index (χ0) is 8.10. The van der Waals surface area contributed by atoms with Crippen molar-refractivity contribution in [2.45, 2.75) is 0 Å². The molecule has 0 aliphatic heterocycles. The van der Waals surface area contributed by atoms with Crippen LogP contribution in [-0.4, -0.2) is 18.3 Å². The van der Waals surface area contributed by atoms with Crippen molar-refractivity contribution in [3.63, 3.8) is 0 Å². The molecule has 2 nitrogen and oxygen atoms in total. The van der Waals surface area contributed by atoms with Crippen LogP contribution in [0.3, 0.4) is 0 Å². The van der Waals surface area contributed by atoms with Gasteiger partial charge in [0.05, 0.1) is 6.61 Å². The number of benzene rings is 1. The van der Waals surface area contributed by atoms with E-state index in [1.165, 1.54) is 0 Å². The number of ether oxygens (including phenoxy) is 1. The van der Waals surface area contributed by atoms with Gasteiger partial charge in [0.1, 0.15) is 12.4 Å². The molecule has 12 heavy (non-hydrogen) atoms. The van der Waals surface area contributed by atoms with Gasteiger partial charge < -0.3 is 9.84 Å². The molecule has 68 valence electrons. The quantitative estimate of drug-likeness (QED) is 0.826. The highest BCUT2D eigenvalue weighted by atomic mass is 35.5. The Morgan fingerprint density at radius 3 is 2.33 bits per heavy atom. The van der Waals surface area contributed by atoms with E-state index in [2.05, 4.69) is 0 Å². The van der Waals surface area contributed by atoms with E-state index in [9.17, 15) is 0 Å². The van der Waals surface area contributed by atoms with Crippen molar-refractivity contribution in [2.24, 2.45) is 0 Å². The first-order valence-electron chi connectivity index (χ1n) is 3.32. The summed E-state index contributed by atoms with van der Waals surface area (Å²) < 4.78 is 5.10. The Hall–Kier alpha value is -0.440. The summed E-state index contributed by atoms with van der Waals surface area (Å²) >= 11 is 5.64. The average Bonchev–Trinajstić information content (AvgIpc) is 2.04. The van der Waals surface area contributed by atoms with Gasteiger partial charge in [-0.05, 0) is 24.3 Å². The summed E-state index contributed by atoms with van der Waals surface area (Å²) in [6, 6.07) is 7.01. The molecule has 1 aromatic carbocycles. The normalized spacial score (nSPS) is 8.83. The molecule has 0 saturated heterocycles. The molecule has 0 radical (unpaired) electrons. The van der Waals surface area contributed by atoms with E-state index in [4.69, 9.17) is 21.4 Å². The summed E-state index contributed by atoms with van der Waals surface area (Å²) in [6.07, 6.45) is 0. The van der Waals surface area contributed by atoms with Crippen LogP contribution in [0.1, 0.15) is 0 Å². The van der Waals surface area contributed by atoms with Crippen LogP contribution < -0.4 is 4.74 Å². The molecule has 0 bridgehead atoms.